The van der Waals surface area contributed by atoms with Crippen LogP contribution in [0.25, 0.3) is 5.57 Å². The zero-order chi connectivity index (χ0) is 23.4. The average molecular weight is 465 g/mol. The van der Waals surface area contributed by atoms with E-state index in [2.05, 4.69) is 5.32 Å². The first kappa shape index (κ1) is 22.6. The Morgan fingerprint density at radius 3 is 2.39 bits per heavy atom. The van der Waals surface area contributed by atoms with E-state index in [1.807, 2.05) is 13.0 Å². The smallest absolute Gasteiger partial charge is 0.278 e. The minimum Gasteiger partial charge on any atom is -0.494 e. The van der Waals surface area contributed by atoms with E-state index in [0.717, 1.165) is 12.0 Å². The fourth-order valence-electron chi connectivity index (χ4n) is 3.52. The first-order valence-corrected chi connectivity index (χ1v) is 10.9. The van der Waals surface area contributed by atoms with E-state index >= 15 is 0 Å². The molecular formula is C26H22ClFN2O3. The molecule has 1 aliphatic rings. The highest BCUT2D eigenvalue weighted by Crippen LogP contribution is 2.32. The normalized spacial score (nSPS) is 13.6. The molecule has 5 nitrogen and oxygen atoms in total. The molecule has 0 bridgehead atoms. The molecule has 3 aromatic carbocycles. The topological polar surface area (TPSA) is 58.6 Å². The molecule has 33 heavy (non-hydrogen) atoms. The number of benzene rings is 3. The molecule has 168 valence electrons. The lowest BCUT2D eigenvalue weighted by Crippen LogP contribution is -2.32. The standard InChI is InChI=1S/C26H22ClFN2O3/c1-2-14-33-22-5-3-4-21(15-22)29-24-23(18-8-12-20(28)13-9-18)25(31)30(26(24)32)16-17-6-10-19(27)11-7-17/h3-13,15,29H,2,14,16H2,1H3. The lowest BCUT2D eigenvalue weighted by atomic mass is 10.0. The summed E-state index contributed by atoms with van der Waals surface area (Å²) in [6.45, 7) is 2.67. The van der Waals surface area contributed by atoms with Crippen LogP contribution in [0.15, 0.2) is 78.5 Å². The first-order valence-electron chi connectivity index (χ1n) is 10.6. The number of rotatable bonds is 8. The molecule has 0 aromatic heterocycles. The number of amides is 2. The number of hydrogen-bond donors (Lipinski definition) is 1. The molecule has 0 atom stereocenters. The maximum atomic E-state index is 13.5. The Balaban J connectivity index is 1.69. The van der Waals surface area contributed by atoms with Gasteiger partial charge in [0.15, 0.2) is 0 Å². The summed E-state index contributed by atoms with van der Waals surface area (Å²) in [5.74, 6) is -0.693. The molecule has 3 aromatic rings. The molecule has 0 saturated carbocycles. The quantitative estimate of drug-likeness (QED) is 0.437. The summed E-state index contributed by atoms with van der Waals surface area (Å²) < 4.78 is 19.2. The van der Waals surface area contributed by atoms with E-state index < -0.39 is 17.6 Å². The number of nitrogens with zero attached hydrogens (tertiary/aromatic N) is 1. The Labute approximate surface area is 196 Å². The Kier molecular flexibility index (Phi) is 6.75. The van der Waals surface area contributed by atoms with Crippen molar-refractivity contribution >= 4 is 34.7 Å². The predicted molar refractivity (Wildman–Crippen MR) is 126 cm³/mol. The predicted octanol–water partition coefficient (Wildman–Crippen LogP) is 5.66. The molecule has 1 heterocycles. The number of halogens is 2. The third-order valence-corrected chi connectivity index (χ3v) is 5.38. The van der Waals surface area contributed by atoms with Crippen molar-refractivity contribution in [2.75, 3.05) is 11.9 Å². The van der Waals surface area contributed by atoms with Crippen LogP contribution in [0.3, 0.4) is 0 Å². The molecule has 0 unspecified atom stereocenters. The first-order chi connectivity index (χ1) is 16.0. The summed E-state index contributed by atoms with van der Waals surface area (Å²) in [6, 6.07) is 19.6. The number of anilines is 1. The van der Waals surface area contributed by atoms with Crippen LogP contribution in [0, 0.1) is 5.82 Å². The monoisotopic (exact) mass is 464 g/mol. The van der Waals surface area contributed by atoms with Crippen molar-refractivity contribution in [2.45, 2.75) is 19.9 Å². The molecule has 0 saturated heterocycles. The molecule has 1 aliphatic heterocycles. The zero-order valence-corrected chi connectivity index (χ0v) is 18.7. The van der Waals surface area contributed by atoms with Gasteiger partial charge < -0.3 is 10.1 Å². The molecule has 0 radical (unpaired) electrons. The summed E-state index contributed by atoms with van der Waals surface area (Å²) in [7, 11) is 0. The minimum atomic E-state index is -0.464. The SMILES string of the molecule is CCCOc1cccc(NC2=C(c3ccc(F)cc3)C(=O)N(Cc3ccc(Cl)cc3)C2=O)c1. The van der Waals surface area contributed by atoms with Gasteiger partial charge in [-0.05, 0) is 53.9 Å². The van der Waals surface area contributed by atoms with Crippen LogP contribution in [-0.2, 0) is 16.1 Å². The van der Waals surface area contributed by atoms with Gasteiger partial charge in [0, 0.05) is 16.8 Å². The van der Waals surface area contributed by atoms with Gasteiger partial charge in [0.1, 0.15) is 17.3 Å². The van der Waals surface area contributed by atoms with Gasteiger partial charge in [0.25, 0.3) is 11.8 Å². The Bertz CT molecular complexity index is 1210. The van der Waals surface area contributed by atoms with Crippen molar-refractivity contribution in [3.63, 3.8) is 0 Å². The molecule has 0 spiro atoms. The van der Waals surface area contributed by atoms with E-state index in [1.165, 1.54) is 29.2 Å². The van der Waals surface area contributed by atoms with Crippen LogP contribution in [0.5, 0.6) is 5.75 Å². The third kappa shape index (κ3) is 5.07. The van der Waals surface area contributed by atoms with Crippen molar-refractivity contribution in [3.8, 4) is 5.75 Å². The molecule has 2 amide bonds. The van der Waals surface area contributed by atoms with E-state index in [1.54, 1.807) is 42.5 Å². The lowest BCUT2D eigenvalue weighted by Gasteiger charge is -2.15. The fourth-order valence-corrected chi connectivity index (χ4v) is 3.65. The highest BCUT2D eigenvalue weighted by molar-refractivity contribution is 6.36. The van der Waals surface area contributed by atoms with Gasteiger partial charge in [0.2, 0.25) is 0 Å². The van der Waals surface area contributed by atoms with Gasteiger partial charge >= 0.3 is 0 Å². The van der Waals surface area contributed by atoms with E-state index in [0.29, 0.717) is 28.6 Å². The number of carbonyl (C=O) groups excluding carboxylic acids is 2. The lowest BCUT2D eigenvalue weighted by molar-refractivity contribution is -0.137. The van der Waals surface area contributed by atoms with E-state index in [9.17, 15) is 14.0 Å². The molecular weight excluding hydrogens is 443 g/mol. The van der Waals surface area contributed by atoms with Crippen LogP contribution in [0.4, 0.5) is 10.1 Å². The van der Waals surface area contributed by atoms with Gasteiger partial charge in [-0.25, -0.2) is 4.39 Å². The minimum absolute atomic E-state index is 0.0877. The largest absolute Gasteiger partial charge is 0.494 e. The Morgan fingerprint density at radius 1 is 0.970 bits per heavy atom. The summed E-state index contributed by atoms with van der Waals surface area (Å²) in [5.41, 5.74) is 2.14. The Hall–Kier alpha value is -3.64. The molecule has 0 aliphatic carbocycles. The van der Waals surface area contributed by atoms with Crippen LogP contribution in [0.1, 0.15) is 24.5 Å². The second kappa shape index (κ2) is 9.88. The second-order valence-electron chi connectivity index (χ2n) is 7.58. The van der Waals surface area contributed by atoms with Gasteiger partial charge in [-0.2, -0.15) is 0 Å². The van der Waals surface area contributed by atoms with Gasteiger partial charge in [-0.3, -0.25) is 14.5 Å². The van der Waals surface area contributed by atoms with Crippen LogP contribution in [-0.4, -0.2) is 23.3 Å². The maximum absolute atomic E-state index is 13.5. The average Bonchev–Trinajstić information content (AvgIpc) is 3.04. The van der Waals surface area contributed by atoms with Crippen molar-refractivity contribution in [3.05, 3.63) is 100 Å². The van der Waals surface area contributed by atoms with Crippen molar-refractivity contribution in [1.82, 2.24) is 4.90 Å². The third-order valence-electron chi connectivity index (χ3n) is 5.13. The molecule has 0 fully saturated rings. The van der Waals surface area contributed by atoms with Crippen LogP contribution in [0.2, 0.25) is 5.02 Å². The second-order valence-corrected chi connectivity index (χ2v) is 8.02. The summed E-state index contributed by atoms with van der Waals surface area (Å²) >= 11 is 5.95. The van der Waals surface area contributed by atoms with Crippen molar-refractivity contribution < 1.29 is 18.7 Å². The summed E-state index contributed by atoms with van der Waals surface area (Å²) in [6.07, 6.45) is 0.865. The highest BCUT2D eigenvalue weighted by atomic mass is 35.5. The van der Waals surface area contributed by atoms with Gasteiger partial charge in [-0.15, -0.1) is 0 Å². The zero-order valence-electron chi connectivity index (χ0n) is 18.0. The number of carbonyl (C=O) groups is 2. The number of imide groups is 1. The van der Waals surface area contributed by atoms with Crippen LogP contribution >= 0.6 is 11.6 Å². The van der Waals surface area contributed by atoms with Gasteiger partial charge in [-0.1, -0.05) is 48.9 Å². The summed E-state index contributed by atoms with van der Waals surface area (Å²) in [5, 5.41) is 3.66. The van der Waals surface area contributed by atoms with E-state index in [4.69, 9.17) is 16.3 Å². The Morgan fingerprint density at radius 2 is 1.70 bits per heavy atom. The number of nitrogens with one attached hydrogen (secondary N) is 1. The van der Waals surface area contributed by atoms with Crippen LogP contribution < -0.4 is 10.1 Å². The van der Waals surface area contributed by atoms with Crippen molar-refractivity contribution in [2.24, 2.45) is 0 Å². The molecule has 7 heteroatoms. The highest BCUT2D eigenvalue weighted by Gasteiger charge is 2.39. The number of ether oxygens (including phenoxy) is 1. The maximum Gasteiger partial charge on any atom is 0.278 e. The number of hydrogen-bond acceptors (Lipinski definition) is 4. The van der Waals surface area contributed by atoms with E-state index in [-0.39, 0.29) is 17.8 Å². The van der Waals surface area contributed by atoms with Crippen molar-refractivity contribution in [1.29, 1.82) is 0 Å². The summed E-state index contributed by atoms with van der Waals surface area (Å²) in [4.78, 5) is 27.9. The van der Waals surface area contributed by atoms with Gasteiger partial charge in [0.05, 0.1) is 18.7 Å². The molecule has 1 N–H and O–H groups in total. The molecule has 4 rings (SSSR count). The fraction of sp³-hybridized carbons (Fsp3) is 0.154.